The number of hydrogen-bond donors (Lipinski definition) is 1. The van der Waals surface area contributed by atoms with Crippen molar-refractivity contribution in [3.05, 3.63) is 29.3 Å². The lowest BCUT2D eigenvalue weighted by atomic mass is 9.98. The smallest absolute Gasteiger partial charge is 0.124 e. The van der Waals surface area contributed by atoms with Crippen molar-refractivity contribution in [1.29, 1.82) is 0 Å². The second kappa shape index (κ2) is 5.31. The highest BCUT2D eigenvalue weighted by atomic mass is 16.5. The maximum absolute atomic E-state index is 5.87. The van der Waals surface area contributed by atoms with E-state index in [1.54, 1.807) is 0 Å². The van der Waals surface area contributed by atoms with Crippen LogP contribution in [0.25, 0.3) is 0 Å². The van der Waals surface area contributed by atoms with Crippen LogP contribution in [0.2, 0.25) is 0 Å². The normalized spacial score (nSPS) is 23.1. The van der Waals surface area contributed by atoms with E-state index in [4.69, 9.17) is 4.74 Å². The average Bonchev–Trinajstić information content (AvgIpc) is 3.19. The van der Waals surface area contributed by atoms with Crippen molar-refractivity contribution in [2.45, 2.75) is 57.5 Å². The minimum absolute atomic E-state index is 0.506. The van der Waals surface area contributed by atoms with E-state index in [9.17, 15) is 0 Å². The number of rotatable bonds is 4. The van der Waals surface area contributed by atoms with Gasteiger partial charge in [0.2, 0.25) is 0 Å². The Kier molecular flexibility index (Phi) is 3.55. The SMILES string of the molecule is CCCc1ccc2c(c1)C(NC1CC1)CCCO2. The Morgan fingerprint density at radius 1 is 1.28 bits per heavy atom. The van der Waals surface area contributed by atoms with Crippen LogP contribution in [0.3, 0.4) is 0 Å². The molecule has 0 spiro atoms. The van der Waals surface area contributed by atoms with Gasteiger partial charge in [0.15, 0.2) is 0 Å². The van der Waals surface area contributed by atoms with Gasteiger partial charge in [-0.2, -0.15) is 0 Å². The summed E-state index contributed by atoms with van der Waals surface area (Å²) in [4.78, 5) is 0. The second-order valence-electron chi connectivity index (χ2n) is 5.61. The minimum atomic E-state index is 0.506. The predicted octanol–water partition coefficient (Wildman–Crippen LogP) is 3.60. The zero-order chi connectivity index (χ0) is 12.4. The van der Waals surface area contributed by atoms with E-state index < -0.39 is 0 Å². The molecule has 0 amide bonds. The summed E-state index contributed by atoms with van der Waals surface area (Å²) >= 11 is 0. The molecule has 1 aromatic carbocycles. The zero-order valence-electron chi connectivity index (χ0n) is 11.2. The van der Waals surface area contributed by atoms with Crippen LogP contribution in [0.15, 0.2) is 18.2 Å². The molecule has 1 aliphatic heterocycles. The third-order valence-electron chi connectivity index (χ3n) is 3.90. The molecule has 2 nitrogen and oxygen atoms in total. The molecule has 1 N–H and O–H groups in total. The highest BCUT2D eigenvalue weighted by Gasteiger charge is 2.27. The van der Waals surface area contributed by atoms with Gasteiger partial charge >= 0.3 is 0 Å². The van der Waals surface area contributed by atoms with Gasteiger partial charge in [-0.05, 0) is 43.7 Å². The lowest BCUT2D eigenvalue weighted by Crippen LogP contribution is -2.23. The largest absolute Gasteiger partial charge is 0.493 e. The maximum Gasteiger partial charge on any atom is 0.124 e. The van der Waals surface area contributed by atoms with Crippen LogP contribution in [0.1, 0.15) is 56.2 Å². The summed E-state index contributed by atoms with van der Waals surface area (Å²) in [5.41, 5.74) is 2.84. The third-order valence-corrected chi connectivity index (χ3v) is 3.90. The molecular formula is C16H23NO. The monoisotopic (exact) mass is 245 g/mol. The first-order valence-corrected chi connectivity index (χ1v) is 7.38. The fraction of sp³-hybridized carbons (Fsp3) is 0.625. The number of nitrogens with one attached hydrogen (secondary N) is 1. The summed E-state index contributed by atoms with van der Waals surface area (Å²) in [6.07, 6.45) is 7.44. The highest BCUT2D eigenvalue weighted by Crippen LogP contribution is 2.35. The Balaban J connectivity index is 1.86. The van der Waals surface area contributed by atoms with Crippen LogP contribution >= 0.6 is 0 Å². The average molecular weight is 245 g/mol. The molecule has 1 aromatic rings. The Bertz CT molecular complexity index is 412. The standard InChI is InChI=1S/C16H23NO/c1-2-4-12-6-9-16-14(11-12)15(5-3-10-18-16)17-13-7-8-13/h6,9,11,13,15,17H,2-5,7-8,10H2,1H3. The third kappa shape index (κ3) is 2.69. The van der Waals surface area contributed by atoms with Crippen LogP contribution in [-0.4, -0.2) is 12.6 Å². The summed E-state index contributed by atoms with van der Waals surface area (Å²) in [5.74, 6) is 1.10. The van der Waals surface area contributed by atoms with E-state index in [-0.39, 0.29) is 0 Å². The molecule has 1 unspecified atom stereocenters. The first-order valence-electron chi connectivity index (χ1n) is 7.38. The molecule has 1 fully saturated rings. The Morgan fingerprint density at radius 3 is 2.94 bits per heavy atom. The van der Waals surface area contributed by atoms with E-state index in [1.807, 2.05) is 0 Å². The molecular weight excluding hydrogens is 222 g/mol. The first kappa shape index (κ1) is 12.0. The summed E-state index contributed by atoms with van der Waals surface area (Å²) in [7, 11) is 0. The van der Waals surface area contributed by atoms with E-state index >= 15 is 0 Å². The lowest BCUT2D eigenvalue weighted by molar-refractivity contribution is 0.315. The Morgan fingerprint density at radius 2 is 2.17 bits per heavy atom. The summed E-state index contributed by atoms with van der Waals surface area (Å²) in [6, 6.07) is 8.03. The summed E-state index contributed by atoms with van der Waals surface area (Å²) in [6.45, 7) is 3.10. The number of hydrogen-bond acceptors (Lipinski definition) is 2. The van der Waals surface area contributed by atoms with Crippen molar-refractivity contribution in [3.8, 4) is 5.75 Å². The van der Waals surface area contributed by atoms with E-state index in [1.165, 1.54) is 43.2 Å². The Labute approximate surface area is 110 Å². The van der Waals surface area contributed by atoms with Gasteiger partial charge in [0.1, 0.15) is 5.75 Å². The molecule has 0 bridgehead atoms. The molecule has 18 heavy (non-hydrogen) atoms. The number of ether oxygens (including phenoxy) is 1. The molecule has 0 saturated heterocycles. The van der Waals surface area contributed by atoms with Crippen molar-refractivity contribution in [2.24, 2.45) is 0 Å². The van der Waals surface area contributed by atoms with Gasteiger partial charge in [-0.25, -0.2) is 0 Å². The topological polar surface area (TPSA) is 21.3 Å². The molecule has 1 aliphatic carbocycles. The molecule has 0 aromatic heterocycles. The maximum atomic E-state index is 5.87. The molecule has 2 heteroatoms. The van der Waals surface area contributed by atoms with Gasteiger partial charge in [-0.15, -0.1) is 0 Å². The van der Waals surface area contributed by atoms with Crippen LogP contribution in [-0.2, 0) is 6.42 Å². The van der Waals surface area contributed by atoms with Gasteiger partial charge in [0.25, 0.3) is 0 Å². The number of fused-ring (bicyclic) bond motifs is 1. The second-order valence-corrected chi connectivity index (χ2v) is 5.61. The molecule has 3 rings (SSSR count). The lowest BCUT2D eigenvalue weighted by Gasteiger charge is -2.19. The van der Waals surface area contributed by atoms with E-state index in [2.05, 4.69) is 30.4 Å². The van der Waals surface area contributed by atoms with Gasteiger partial charge in [0, 0.05) is 17.6 Å². The summed E-state index contributed by atoms with van der Waals surface area (Å²) < 4.78 is 5.87. The number of benzene rings is 1. The van der Waals surface area contributed by atoms with E-state index in [0.29, 0.717) is 6.04 Å². The van der Waals surface area contributed by atoms with Crippen LogP contribution < -0.4 is 10.1 Å². The summed E-state index contributed by atoms with van der Waals surface area (Å²) in [5, 5.41) is 3.78. The van der Waals surface area contributed by atoms with Gasteiger partial charge in [0.05, 0.1) is 6.61 Å². The fourth-order valence-electron chi connectivity index (χ4n) is 2.78. The van der Waals surface area contributed by atoms with Crippen LogP contribution in [0.4, 0.5) is 0 Å². The molecule has 1 saturated carbocycles. The van der Waals surface area contributed by atoms with E-state index in [0.717, 1.165) is 24.8 Å². The highest BCUT2D eigenvalue weighted by molar-refractivity contribution is 5.40. The van der Waals surface area contributed by atoms with Crippen molar-refractivity contribution in [2.75, 3.05) is 6.61 Å². The molecule has 2 aliphatic rings. The van der Waals surface area contributed by atoms with Crippen molar-refractivity contribution in [1.82, 2.24) is 5.32 Å². The van der Waals surface area contributed by atoms with Gasteiger partial charge < -0.3 is 10.1 Å². The van der Waals surface area contributed by atoms with Crippen molar-refractivity contribution in [3.63, 3.8) is 0 Å². The number of aryl methyl sites for hydroxylation is 1. The molecule has 1 heterocycles. The van der Waals surface area contributed by atoms with Crippen molar-refractivity contribution >= 4 is 0 Å². The van der Waals surface area contributed by atoms with Crippen LogP contribution in [0.5, 0.6) is 5.75 Å². The minimum Gasteiger partial charge on any atom is -0.493 e. The molecule has 1 atom stereocenters. The molecule has 98 valence electrons. The Hall–Kier alpha value is -1.02. The zero-order valence-corrected chi connectivity index (χ0v) is 11.2. The molecule has 0 radical (unpaired) electrons. The fourth-order valence-corrected chi connectivity index (χ4v) is 2.78. The van der Waals surface area contributed by atoms with Crippen LogP contribution in [0, 0.1) is 0 Å². The van der Waals surface area contributed by atoms with Gasteiger partial charge in [-0.1, -0.05) is 25.5 Å². The first-order chi connectivity index (χ1) is 8.86. The van der Waals surface area contributed by atoms with Crippen molar-refractivity contribution < 1.29 is 4.74 Å². The van der Waals surface area contributed by atoms with Gasteiger partial charge in [-0.3, -0.25) is 0 Å². The quantitative estimate of drug-likeness (QED) is 0.875. The predicted molar refractivity (Wildman–Crippen MR) is 74.1 cm³/mol.